The van der Waals surface area contributed by atoms with E-state index in [9.17, 15) is 4.79 Å². The van der Waals surface area contributed by atoms with E-state index in [0.29, 0.717) is 5.56 Å². The summed E-state index contributed by atoms with van der Waals surface area (Å²) in [6, 6.07) is 14.5. The lowest BCUT2D eigenvalue weighted by Gasteiger charge is -2.28. The number of halogens is 4. The summed E-state index contributed by atoms with van der Waals surface area (Å²) in [6.07, 6.45) is -1.04. The number of carbonyl (C=O) groups is 1. The van der Waals surface area contributed by atoms with E-state index in [-0.39, 0.29) is 11.0 Å². The van der Waals surface area contributed by atoms with Crippen molar-refractivity contribution in [1.29, 1.82) is 0 Å². The zero-order chi connectivity index (χ0) is 19.3. The molecule has 0 saturated heterocycles. The van der Waals surface area contributed by atoms with Gasteiger partial charge in [0.2, 0.25) is 3.79 Å². The van der Waals surface area contributed by atoms with Gasteiger partial charge in [0.05, 0.1) is 0 Å². The minimum Gasteiger partial charge on any atom is -0.339 e. The van der Waals surface area contributed by atoms with Crippen LogP contribution in [0.2, 0.25) is 0 Å². The van der Waals surface area contributed by atoms with Crippen molar-refractivity contribution in [2.75, 3.05) is 5.32 Å². The molecule has 4 nitrogen and oxygen atoms in total. The molecule has 26 heavy (non-hydrogen) atoms. The van der Waals surface area contributed by atoms with E-state index < -0.39 is 9.96 Å². The topological polar surface area (TPSA) is 53.2 Å². The molecular weight excluding hydrogens is 481 g/mol. The molecule has 0 aromatic heterocycles. The molecule has 0 radical (unpaired) electrons. The Bertz CT molecular complexity index is 814. The second kappa shape index (κ2) is 9.24. The molecule has 1 atom stereocenters. The first-order valence-corrected chi connectivity index (χ1v) is 9.76. The molecule has 2 aromatic rings. The quantitative estimate of drug-likeness (QED) is 0.311. The van der Waals surface area contributed by atoms with E-state index in [0.717, 1.165) is 15.7 Å². The molecule has 3 N–H and O–H groups in total. The third-order valence-electron chi connectivity index (χ3n) is 3.35. The van der Waals surface area contributed by atoms with Crippen molar-refractivity contribution in [1.82, 2.24) is 10.6 Å². The van der Waals surface area contributed by atoms with Crippen LogP contribution < -0.4 is 16.0 Å². The number of nitrogens with one attached hydrogen (secondary N) is 3. The second-order valence-electron chi connectivity index (χ2n) is 5.37. The number of anilines is 1. The van der Waals surface area contributed by atoms with E-state index in [4.69, 9.17) is 47.0 Å². The Kier molecular flexibility index (Phi) is 7.55. The Balaban J connectivity index is 2.09. The van der Waals surface area contributed by atoms with Crippen LogP contribution in [0.4, 0.5) is 5.69 Å². The zero-order valence-electron chi connectivity index (χ0n) is 13.5. The van der Waals surface area contributed by atoms with Crippen molar-refractivity contribution in [3.05, 3.63) is 64.1 Å². The number of amides is 1. The van der Waals surface area contributed by atoms with Gasteiger partial charge in [0.25, 0.3) is 5.91 Å². The lowest BCUT2D eigenvalue weighted by atomic mass is 10.1. The van der Waals surface area contributed by atoms with Gasteiger partial charge in [-0.2, -0.15) is 0 Å². The van der Waals surface area contributed by atoms with Crippen molar-refractivity contribution >= 4 is 79.7 Å². The smallest absolute Gasteiger partial charge is 0.253 e. The maximum Gasteiger partial charge on any atom is 0.253 e. The molecule has 0 aliphatic carbocycles. The Morgan fingerprint density at radius 3 is 2.42 bits per heavy atom. The van der Waals surface area contributed by atoms with Gasteiger partial charge in [0.15, 0.2) is 5.11 Å². The third-order valence-corrected chi connectivity index (χ3v) is 4.72. The first-order chi connectivity index (χ1) is 12.2. The molecule has 0 heterocycles. The highest BCUT2D eigenvalue weighted by Crippen LogP contribution is 2.29. The van der Waals surface area contributed by atoms with Crippen molar-refractivity contribution < 1.29 is 4.79 Å². The summed E-state index contributed by atoms with van der Waals surface area (Å²) in [5.41, 5.74) is 2.03. The summed E-state index contributed by atoms with van der Waals surface area (Å²) in [5.74, 6) is -0.378. The third kappa shape index (κ3) is 6.28. The Morgan fingerprint density at radius 1 is 1.12 bits per heavy atom. The molecule has 0 saturated carbocycles. The second-order valence-corrected chi connectivity index (χ2v) is 9.06. The lowest BCUT2D eigenvalue weighted by Crippen LogP contribution is -2.56. The first-order valence-electron chi connectivity index (χ1n) is 7.43. The molecule has 138 valence electrons. The van der Waals surface area contributed by atoms with Crippen molar-refractivity contribution in [3.8, 4) is 0 Å². The Morgan fingerprint density at radius 2 is 1.81 bits per heavy atom. The van der Waals surface area contributed by atoms with Crippen LogP contribution in [0.3, 0.4) is 0 Å². The summed E-state index contributed by atoms with van der Waals surface area (Å²) in [4.78, 5) is 12.5. The fraction of sp³-hybridized carbons (Fsp3) is 0.176. The van der Waals surface area contributed by atoms with Gasteiger partial charge >= 0.3 is 0 Å². The fourth-order valence-electron chi connectivity index (χ4n) is 2.10. The molecule has 0 aliphatic heterocycles. The van der Waals surface area contributed by atoms with Crippen LogP contribution in [0.5, 0.6) is 0 Å². The lowest BCUT2D eigenvalue weighted by molar-refractivity contribution is 0.0934. The van der Waals surface area contributed by atoms with Gasteiger partial charge < -0.3 is 16.0 Å². The summed E-state index contributed by atoms with van der Waals surface area (Å²) in [6.45, 7) is 1.83. The molecule has 0 bridgehead atoms. The van der Waals surface area contributed by atoms with Gasteiger partial charge in [-0.15, -0.1) is 0 Å². The summed E-state index contributed by atoms with van der Waals surface area (Å²) >= 11 is 26.6. The molecular formula is C17H15BrCl3N3OS. The van der Waals surface area contributed by atoms with Crippen LogP contribution >= 0.6 is 63.0 Å². The van der Waals surface area contributed by atoms with Crippen LogP contribution in [-0.2, 0) is 0 Å². The van der Waals surface area contributed by atoms with Gasteiger partial charge in [-0.05, 0) is 49.0 Å². The molecule has 0 fully saturated rings. The molecule has 9 heteroatoms. The predicted octanol–water partition coefficient (Wildman–Crippen LogP) is 5.17. The summed E-state index contributed by atoms with van der Waals surface area (Å²) in [5, 5.41) is 8.65. The van der Waals surface area contributed by atoms with E-state index in [1.165, 1.54) is 0 Å². The normalized spacial score (nSPS) is 12.2. The van der Waals surface area contributed by atoms with Gasteiger partial charge in [0, 0.05) is 15.7 Å². The van der Waals surface area contributed by atoms with Crippen LogP contribution in [0, 0.1) is 6.92 Å². The van der Waals surface area contributed by atoms with Crippen LogP contribution in [0.25, 0.3) is 0 Å². The minimum absolute atomic E-state index is 0.199. The monoisotopic (exact) mass is 493 g/mol. The van der Waals surface area contributed by atoms with Gasteiger partial charge in [-0.3, -0.25) is 4.79 Å². The number of hydrogen-bond acceptors (Lipinski definition) is 2. The Labute approximate surface area is 180 Å². The van der Waals surface area contributed by atoms with E-state index in [1.54, 1.807) is 12.1 Å². The largest absolute Gasteiger partial charge is 0.339 e. The van der Waals surface area contributed by atoms with Crippen LogP contribution in [0.1, 0.15) is 15.9 Å². The maximum atomic E-state index is 12.5. The average Bonchev–Trinajstić information content (AvgIpc) is 2.53. The number of thiocarbonyl (C=S) groups is 1. The number of rotatable bonds is 4. The molecule has 0 aliphatic rings. The standard InChI is InChI=1S/C17H15BrCl3N3OS/c1-10-5-2-3-8-13(10)14(25)23-15(17(19,20)21)24-16(26)22-12-7-4-6-11(18)9-12/h2-9,15H,1H3,(H,23,25)(H2,22,24,26)/t15-/m1/s1. The highest BCUT2D eigenvalue weighted by atomic mass is 79.9. The SMILES string of the molecule is Cc1ccccc1C(=O)N[C@H](NC(=S)Nc1cccc(Br)c1)C(Cl)(Cl)Cl. The van der Waals surface area contributed by atoms with Gasteiger partial charge in [-0.1, -0.05) is 75.0 Å². The van der Waals surface area contributed by atoms with Crippen LogP contribution in [-0.4, -0.2) is 21.0 Å². The van der Waals surface area contributed by atoms with Crippen molar-refractivity contribution in [2.45, 2.75) is 16.9 Å². The van der Waals surface area contributed by atoms with Crippen molar-refractivity contribution in [3.63, 3.8) is 0 Å². The van der Waals surface area contributed by atoms with E-state index in [1.807, 2.05) is 43.3 Å². The summed E-state index contributed by atoms with van der Waals surface area (Å²) in [7, 11) is 0. The average molecular weight is 496 g/mol. The van der Waals surface area contributed by atoms with Gasteiger partial charge in [0.1, 0.15) is 6.17 Å². The van der Waals surface area contributed by atoms with Crippen LogP contribution in [0.15, 0.2) is 53.0 Å². The first kappa shape index (κ1) is 21.3. The number of alkyl halides is 3. The number of carbonyl (C=O) groups excluding carboxylic acids is 1. The van der Waals surface area contributed by atoms with E-state index >= 15 is 0 Å². The minimum atomic E-state index is -1.82. The zero-order valence-corrected chi connectivity index (χ0v) is 18.2. The number of benzene rings is 2. The molecule has 1 amide bonds. The maximum absolute atomic E-state index is 12.5. The molecule has 2 rings (SSSR count). The fourth-order valence-corrected chi connectivity index (χ4v) is 3.06. The highest BCUT2D eigenvalue weighted by Gasteiger charge is 2.35. The van der Waals surface area contributed by atoms with Gasteiger partial charge in [-0.25, -0.2) is 0 Å². The Hall–Kier alpha value is -1.05. The number of aryl methyl sites for hydroxylation is 1. The van der Waals surface area contributed by atoms with Crippen molar-refractivity contribution in [2.24, 2.45) is 0 Å². The molecule has 0 unspecified atom stereocenters. The molecule has 2 aromatic carbocycles. The van der Waals surface area contributed by atoms with E-state index in [2.05, 4.69) is 31.9 Å². The highest BCUT2D eigenvalue weighted by molar-refractivity contribution is 9.10. The molecule has 0 spiro atoms. The summed E-state index contributed by atoms with van der Waals surface area (Å²) < 4.78 is -0.933. The number of hydrogen-bond donors (Lipinski definition) is 3. The predicted molar refractivity (Wildman–Crippen MR) is 116 cm³/mol.